The van der Waals surface area contributed by atoms with Crippen molar-refractivity contribution < 1.29 is 4.39 Å². The molecule has 6 heteroatoms. The van der Waals surface area contributed by atoms with Gasteiger partial charge in [-0.15, -0.1) is 0 Å². The van der Waals surface area contributed by atoms with E-state index in [1.165, 1.54) is 6.07 Å². The first-order valence-corrected chi connectivity index (χ1v) is 6.26. The summed E-state index contributed by atoms with van der Waals surface area (Å²) in [7, 11) is 0. The molecule has 0 aliphatic rings. The summed E-state index contributed by atoms with van der Waals surface area (Å²) in [5.74, 6) is -0.250. The monoisotopic (exact) mass is 282 g/mol. The van der Waals surface area contributed by atoms with Gasteiger partial charge in [0.15, 0.2) is 0 Å². The molecule has 16 heavy (non-hydrogen) atoms. The molecule has 0 bridgehead atoms. The molecule has 1 aromatic carbocycles. The van der Waals surface area contributed by atoms with Crippen molar-refractivity contribution in [3.8, 4) is 0 Å². The van der Waals surface area contributed by atoms with Gasteiger partial charge < -0.3 is 0 Å². The summed E-state index contributed by atoms with van der Waals surface area (Å²) < 4.78 is 21.9. The molecular weight excluding hydrogens is 274 g/mol. The van der Waals surface area contributed by atoms with Crippen molar-refractivity contribution in [3.63, 3.8) is 0 Å². The predicted octanol–water partition coefficient (Wildman–Crippen LogP) is 1.39. The molecule has 4 nitrogen and oxygen atoms in total. The van der Waals surface area contributed by atoms with Crippen molar-refractivity contribution >= 4 is 37.3 Å². The van der Waals surface area contributed by atoms with Crippen LogP contribution in [0.5, 0.6) is 0 Å². The summed E-state index contributed by atoms with van der Waals surface area (Å²) in [4.78, 5) is 8.71. The average Bonchev–Trinajstić information content (AvgIpc) is 2.71. The van der Waals surface area contributed by atoms with Gasteiger partial charge in [-0.05, 0) is 0 Å². The summed E-state index contributed by atoms with van der Waals surface area (Å²) in [6, 6.07) is 1.48. The van der Waals surface area contributed by atoms with Crippen LogP contribution in [0, 0.1) is 19.7 Å². The number of fused-ring (bicyclic) bond motifs is 2. The van der Waals surface area contributed by atoms with Gasteiger partial charge in [-0.3, -0.25) is 0 Å². The summed E-state index contributed by atoms with van der Waals surface area (Å²) in [5.41, 5.74) is 3.73. The zero-order chi connectivity index (χ0) is 11.3. The van der Waals surface area contributed by atoms with Gasteiger partial charge in [0.05, 0.1) is 0 Å². The van der Waals surface area contributed by atoms with Crippen LogP contribution in [0.2, 0.25) is 0 Å². The summed E-state index contributed by atoms with van der Waals surface area (Å²) in [5, 5.41) is 0. The minimum absolute atomic E-state index is 0.153. The average molecular weight is 281 g/mol. The summed E-state index contributed by atoms with van der Waals surface area (Å²) in [6.45, 7) is 3.53. The Morgan fingerprint density at radius 2 is 1.69 bits per heavy atom. The van der Waals surface area contributed by atoms with E-state index in [-0.39, 0.29) is 20.8 Å². The number of halogens is 1. The fraction of sp³-hybridized carbons (Fsp3) is 0.200. The molecule has 0 unspecified atom stereocenters. The Balaban J connectivity index is 2.58. The molecule has 0 spiro atoms. The first-order chi connectivity index (χ1) is 7.66. The van der Waals surface area contributed by atoms with Gasteiger partial charge >= 0.3 is 96.5 Å². The number of aryl methyl sites for hydroxylation is 2. The van der Waals surface area contributed by atoms with Gasteiger partial charge in [0.25, 0.3) is 0 Å². The third-order valence-corrected chi connectivity index (χ3v) is 3.61. The molecule has 80 valence electrons. The quantitative estimate of drug-likeness (QED) is 0.584. The third-order valence-electron chi connectivity index (χ3n) is 2.54. The number of hydrogen-bond donors (Lipinski definition) is 0. The molecule has 0 aliphatic carbocycles. The molecule has 0 amide bonds. The molecule has 0 N–H and O–H groups in total. The molecular formula is C10H7FN4Se. The molecule has 0 fully saturated rings. The molecule has 3 aromatic rings. The maximum absolute atomic E-state index is 13.5. The molecule has 0 radical (unpaired) electrons. The van der Waals surface area contributed by atoms with E-state index in [0.29, 0.717) is 27.9 Å². The van der Waals surface area contributed by atoms with Crippen molar-refractivity contribution in [1.29, 1.82) is 0 Å². The van der Waals surface area contributed by atoms with E-state index >= 15 is 0 Å². The van der Waals surface area contributed by atoms with Crippen LogP contribution in [0.25, 0.3) is 22.3 Å². The van der Waals surface area contributed by atoms with Crippen LogP contribution in [0.15, 0.2) is 6.07 Å². The van der Waals surface area contributed by atoms with Gasteiger partial charge in [0.2, 0.25) is 0 Å². The van der Waals surface area contributed by atoms with Crippen LogP contribution in [0.1, 0.15) is 11.1 Å². The molecule has 0 atom stereocenters. The van der Waals surface area contributed by atoms with E-state index in [4.69, 9.17) is 0 Å². The first kappa shape index (κ1) is 9.81. The van der Waals surface area contributed by atoms with Crippen LogP contribution in [-0.2, 0) is 0 Å². The van der Waals surface area contributed by atoms with E-state index in [1.54, 1.807) is 6.92 Å². The normalized spacial score (nSPS) is 11.4. The van der Waals surface area contributed by atoms with Gasteiger partial charge in [0, 0.05) is 0 Å². The number of hydrogen-bond acceptors (Lipinski definition) is 4. The van der Waals surface area contributed by atoms with Crippen LogP contribution >= 0.6 is 0 Å². The molecule has 3 rings (SSSR count). The summed E-state index contributed by atoms with van der Waals surface area (Å²) >= 11 is -0.153. The van der Waals surface area contributed by atoms with Gasteiger partial charge in [-0.25, -0.2) is 0 Å². The third kappa shape index (κ3) is 1.27. The minimum atomic E-state index is -0.250. The zero-order valence-electron chi connectivity index (χ0n) is 8.65. The van der Waals surface area contributed by atoms with Crippen LogP contribution in [0.4, 0.5) is 4.39 Å². The predicted molar refractivity (Wildman–Crippen MR) is 59.0 cm³/mol. The Morgan fingerprint density at radius 3 is 2.38 bits per heavy atom. The van der Waals surface area contributed by atoms with Gasteiger partial charge in [0.1, 0.15) is 0 Å². The van der Waals surface area contributed by atoms with E-state index < -0.39 is 0 Å². The molecule has 0 saturated carbocycles. The SMILES string of the molecule is Cc1cc(F)c(C)c2nc3n[se]nc3nc12. The zero-order valence-corrected chi connectivity index (χ0v) is 10.4. The molecule has 2 heterocycles. The Kier molecular flexibility index (Phi) is 2.02. The van der Waals surface area contributed by atoms with Crippen molar-refractivity contribution in [3.05, 3.63) is 23.0 Å². The van der Waals surface area contributed by atoms with E-state index in [2.05, 4.69) is 17.9 Å². The molecule has 2 aromatic heterocycles. The van der Waals surface area contributed by atoms with Gasteiger partial charge in [-0.2, -0.15) is 0 Å². The van der Waals surface area contributed by atoms with Crippen LogP contribution in [0.3, 0.4) is 0 Å². The Bertz CT molecular complexity index is 707. The fourth-order valence-electron chi connectivity index (χ4n) is 1.65. The second kappa shape index (κ2) is 3.30. The van der Waals surface area contributed by atoms with Crippen molar-refractivity contribution in [2.75, 3.05) is 0 Å². The fourth-order valence-corrected chi connectivity index (χ4v) is 2.58. The van der Waals surface area contributed by atoms with E-state index in [0.717, 1.165) is 5.56 Å². The van der Waals surface area contributed by atoms with Crippen LogP contribution in [-0.4, -0.2) is 32.9 Å². The topological polar surface area (TPSA) is 51.6 Å². The standard InChI is InChI=1S/C10H7FN4Se/c1-4-3-6(11)5(2)8-7(4)12-9-10(13-8)15-16-14-9/h3H,1-2H3. The Hall–Kier alpha value is -1.39. The van der Waals surface area contributed by atoms with E-state index in [1.807, 2.05) is 6.92 Å². The Labute approximate surface area is 96.8 Å². The second-order valence-corrected chi connectivity index (χ2v) is 4.74. The molecule has 0 saturated heterocycles. The Morgan fingerprint density at radius 1 is 1.06 bits per heavy atom. The number of rotatable bonds is 0. The summed E-state index contributed by atoms with van der Waals surface area (Å²) in [6.07, 6.45) is 0. The number of benzene rings is 1. The van der Waals surface area contributed by atoms with Crippen LogP contribution < -0.4 is 0 Å². The van der Waals surface area contributed by atoms with Crippen molar-refractivity contribution in [2.24, 2.45) is 0 Å². The van der Waals surface area contributed by atoms with Crippen molar-refractivity contribution in [1.82, 2.24) is 17.9 Å². The first-order valence-electron chi connectivity index (χ1n) is 4.72. The maximum atomic E-state index is 13.5. The second-order valence-electron chi connectivity index (χ2n) is 3.63. The van der Waals surface area contributed by atoms with E-state index in [9.17, 15) is 4.39 Å². The molecule has 0 aliphatic heterocycles. The number of aromatic nitrogens is 4. The van der Waals surface area contributed by atoms with Gasteiger partial charge in [-0.1, -0.05) is 0 Å². The number of nitrogens with zero attached hydrogens (tertiary/aromatic N) is 4. The van der Waals surface area contributed by atoms with Crippen molar-refractivity contribution in [2.45, 2.75) is 13.8 Å².